The Morgan fingerprint density at radius 2 is 1.61 bits per heavy atom. The Kier molecular flexibility index (Phi) is 8.25. The Morgan fingerprint density at radius 1 is 0.878 bits per heavy atom. The number of rotatable bonds is 11. The van der Waals surface area contributed by atoms with E-state index in [1.54, 1.807) is 55.5 Å². The third-order valence-corrected chi connectivity index (χ3v) is 6.54. The van der Waals surface area contributed by atoms with Crippen molar-refractivity contribution < 1.29 is 32.5 Å². The quantitative estimate of drug-likeness (QED) is 0.244. The van der Waals surface area contributed by atoms with Gasteiger partial charge in [-0.05, 0) is 48.5 Å². The summed E-state index contributed by atoms with van der Waals surface area (Å²) < 4.78 is 50.9. The van der Waals surface area contributed by atoms with Crippen LogP contribution in [-0.4, -0.2) is 55.3 Å². The van der Waals surface area contributed by atoms with Gasteiger partial charge in [-0.1, -0.05) is 6.07 Å². The van der Waals surface area contributed by atoms with Gasteiger partial charge in [0.1, 0.15) is 46.9 Å². The molecule has 1 aromatic heterocycles. The second kappa shape index (κ2) is 12.2. The number of halogens is 2. The molecule has 3 aromatic carbocycles. The molecule has 9 nitrogen and oxygen atoms in total. The fourth-order valence-corrected chi connectivity index (χ4v) is 4.50. The fourth-order valence-electron chi connectivity index (χ4n) is 4.50. The van der Waals surface area contributed by atoms with E-state index in [4.69, 9.17) is 18.9 Å². The fraction of sp³-hybridized carbons (Fsp3) is 0.233. The van der Waals surface area contributed by atoms with Gasteiger partial charge in [0.2, 0.25) is 0 Å². The lowest BCUT2D eigenvalue weighted by Gasteiger charge is -2.18. The maximum absolute atomic E-state index is 14.7. The smallest absolute Gasteiger partial charge is 0.260 e. The van der Waals surface area contributed by atoms with Gasteiger partial charge < -0.3 is 29.2 Å². The predicted octanol–water partition coefficient (Wildman–Crippen LogP) is 5.36. The highest BCUT2D eigenvalue weighted by atomic mass is 19.1. The van der Waals surface area contributed by atoms with E-state index in [2.05, 4.69) is 15.3 Å². The van der Waals surface area contributed by atoms with Crippen LogP contribution in [0.5, 0.6) is 17.2 Å². The van der Waals surface area contributed by atoms with Gasteiger partial charge in [0.05, 0.1) is 45.2 Å². The van der Waals surface area contributed by atoms with Crippen molar-refractivity contribution >= 4 is 17.4 Å². The lowest BCUT2D eigenvalue weighted by molar-refractivity contribution is 0.0765. The zero-order chi connectivity index (χ0) is 28.9. The maximum Gasteiger partial charge on any atom is 0.260 e. The Bertz CT molecular complexity index is 1550. The molecule has 0 aliphatic carbocycles. The van der Waals surface area contributed by atoms with E-state index in [1.807, 2.05) is 6.07 Å². The zero-order valence-electron chi connectivity index (χ0n) is 22.7. The third kappa shape index (κ3) is 5.90. The Morgan fingerprint density at radius 3 is 2.29 bits per heavy atom. The summed E-state index contributed by atoms with van der Waals surface area (Å²) in [7, 11) is 4.68. The summed E-state index contributed by atoms with van der Waals surface area (Å²) in [4.78, 5) is 24.1. The van der Waals surface area contributed by atoms with E-state index in [9.17, 15) is 13.6 Å². The number of nitrogens with zero attached hydrogens (tertiary/aromatic N) is 3. The highest BCUT2D eigenvalue weighted by molar-refractivity contribution is 6.03. The molecule has 0 atom stereocenters. The molecular formula is C30H28F2N4O5. The summed E-state index contributed by atoms with van der Waals surface area (Å²) >= 11 is 0. The molecule has 1 aliphatic heterocycles. The van der Waals surface area contributed by atoms with Crippen molar-refractivity contribution in [2.24, 2.45) is 0 Å². The Labute approximate surface area is 235 Å². The lowest BCUT2D eigenvalue weighted by Crippen LogP contribution is -2.24. The molecule has 0 radical (unpaired) electrons. The largest absolute Gasteiger partial charge is 0.497 e. The topological polar surface area (TPSA) is 95.0 Å². The SMILES string of the molecule is COCCOc1ccc(Nc2nc(-c3c(F)cccc3F)nc3c2C(=O)N(Cc2ccc(OC)cc2OC)C3)cc1. The van der Waals surface area contributed by atoms with Crippen LogP contribution >= 0.6 is 0 Å². The van der Waals surface area contributed by atoms with Crippen molar-refractivity contribution in [1.29, 1.82) is 0 Å². The summed E-state index contributed by atoms with van der Waals surface area (Å²) in [5.41, 5.74) is 1.54. The average Bonchev–Trinajstić information content (AvgIpc) is 3.29. The molecule has 41 heavy (non-hydrogen) atoms. The maximum atomic E-state index is 14.7. The molecule has 1 N–H and O–H groups in total. The van der Waals surface area contributed by atoms with Crippen LogP contribution in [0, 0.1) is 11.6 Å². The number of ether oxygens (including phenoxy) is 4. The number of aromatic nitrogens is 2. The van der Waals surface area contributed by atoms with Crippen LogP contribution in [0.25, 0.3) is 11.4 Å². The number of amides is 1. The summed E-state index contributed by atoms with van der Waals surface area (Å²) in [5, 5.41) is 3.14. The second-order valence-corrected chi connectivity index (χ2v) is 9.14. The van der Waals surface area contributed by atoms with E-state index in [-0.39, 0.29) is 41.8 Å². The minimum atomic E-state index is -0.808. The molecule has 0 saturated carbocycles. The summed E-state index contributed by atoms with van der Waals surface area (Å²) in [6.45, 7) is 1.15. The van der Waals surface area contributed by atoms with E-state index >= 15 is 0 Å². The second-order valence-electron chi connectivity index (χ2n) is 9.14. The van der Waals surface area contributed by atoms with Gasteiger partial charge in [-0.3, -0.25) is 4.79 Å². The number of nitrogens with one attached hydrogen (secondary N) is 1. The van der Waals surface area contributed by atoms with E-state index in [0.29, 0.717) is 41.8 Å². The molecule has 5 rings (SSSR count). The summed E-state index contributed by atoms with van der Waals surface area (Å²) in [6, 6.07) is 15.9. The number of methoxy groups -OCH3 is 3. The monoisotopic (exact) mass is 562 g/mol. The van der Waals surface area contributed by atoms with Crippen LogP contribution in [0.3, 0.4) is 0 Å². The van der Waals surface area contributed by atoms with Gasteiger partial charge in [-0.2, -0.15) is 0 Å². The molecule has 0 unspecified atom stereocenters. The van der Waals surface area contributed by atoms with Crippen molar-refractivity contribution in [1.82, 2.24) is 14.9 Å². The molecular weight excluding hydrogens is 534 g/mol. The first-order valence-corrected chi connectivity index (χ1v) is 12.8. The number of fused-ring (bicyclic) bond motifs is 1. The van der Waals surface area contributed by atoms with Crippen LogP contribution in [-0.2, 0) is 17.8 Å². The van der Waals surface area contributed by atoms with Crippen molar-refractivity contribution in [3.63, 3.8) is 0 Å². The minimum Gasteiger partial charge on any atom is -0.497 e. The molecule has 0 spiro atoms. The number of carbonyl (C=O) groups is 1. The first kappa shape index (κ1) is 27.8. The van der Waals surface area contributed by atoms with Gasteiger partial charge in [0, 0.05) is 24.4 Å². The third-order valence-electron chi connectivity index (χ3n) is 6.54. The Balaban J connectivity index is 1.50. The van der Waals surface area contributed by atoms with Gasteiger partial charge >= 0.3 is 0 Å². The molecule has 2 heterocycles. The van der Waals surface area contributed by atoms with Crippen molar-refractivity contribution in [3.8, 4) is 28.6 Å². The molecule has 0 fully saturated rings. The number of hydrogen-bond donors (Lipinski definition) is 1. The lowest BCUT2D eigenvalue weighted by atomic mass is 10.1. The first-order chi connectivity index (χ1) is 19.9. The molecule has 11 heteroatoms. The molecule has 212 valence electrons. The van der Waals surface area contributed by atoms with Crippen molar-refractivity contribution in [3.05, 3.63) is 89.1 Å². The van der Waals surface area contributed by atoms with Crippen molar-refractivity contribution in [2.75, 3.05) is 39.9 Å². The van der Waals surface area contributed by atoms with E-state index in [1.165, 1.54) is 13.2 Å². The van der Waals surface area contributed by atoms with E-state index in [0.717, 1.165) is 17.7 Å². The average molecular weight is 563 g/mol. The number of anilines is 2. The van der Waals surface area contributed by atoms with Gasteiger partial charge in [0.25, 0.3) is 5.91 Å². The van der Waals surface area contributed by atoms with Crippen molar-refractivity contribution in [2.45, 2.75) is 13.1 Å². The molecule has 0 saturated heterocycles. The molecule has 1 amide bonds. The Hall–Kier alpha value is -4.77. The highest BCUT2D eigenvalue weighted by Crippen LogP contribution is 2.35. The van der Waals surface area contributed by atoms with Crippen LogP contribution in [0.15, 0.2) is 60.7 Å². The summed E-state index contributed by atoms with van der Waals surface area (Å²) in [6.07, 6.45) is 0. The van der Waals surface area contributed by atoms with Crippen LogP contribution < -0.4 is 19.5 Å². The van der Waals surface area contributed by atoms with Gasteiger partial charge in [0.15, 0.2) is 5.82 Å². The van der Waals surface area contributed by atoms with Gasteiger partial charge in [-0.15, -0.1) is 0 Å². The van der Waals surface area contributed by atoms with Crippen LogP contribution in [0.4, 0.5) is 20.3 Å². The number of benzene rings is 3. The van der Waals surface area contributed by atoms with Crippen LogP contribution in [0.1, 0.15) is 21.6 Å². The molecule has 1 aliphatic rings. The summed E-state index contributed by atoms with van der Waals surface area (Å²) in [5.74, 6) is -0.181. The predicted molar refractivity (Wildman–Crippen MR) is 148 cm³/mol. The molecule has 4 aromatic rings. The number of carbonyl (C=O) groups excluding carboxylic acids is 1. The minimum absolute atomic E-state index is 0.107. The highest BCUT2D eigenvalue weighted by Gasteiger charge is 2.34. The number of hydrogen-bond acceptors (Lipinski definition) is 8. The first-order valence-electron chi connectivity index (χ1n) is 12.8. The molecule has 0 bridgehead atoms. The normalized spacial score (nSPS) is 12.3. The zero-order valence-corrected chi connectivity index (χ0v) is 22.7. The standard InChI is InChI=1S/C30H28F2N4O5/c1-38-13-14-41-20-11-8-19(9-12-20)33-29-27-24(34-28(35-29)26-22(31)5-4-6-23(26)32)17-36(30(27)37)16-18-7-10-21(39-2)15-25(18)40-3/h4-12,15H,13-14,16-17H2,1-3H3,(H,33,34,35). The van der Waals surface area contributed by atoms with Gasteiger partial charge in [-0.25, -0.2) is 18.7 Å². The van der Waals surface area contributed by atoms with Crippen LogP contribution in [0.2, 0.25) is 0 Å². The van der Waals surface area contributed by atoms with E-state index < -0.39 is 11.6 Å².